The Balaban J connectivity index is 1.76. The molecule has 1 saturated carbocycles. The molecule has 0 aliphatic heterocycles. The van der Waals surface area contributed by atoms with E-state index in [2.05, 4.69) is 29.9 Å². The molecule has 0 spiro atoms. The van der Waals surface area contributed by atoms with Gasteiger partial charge in [-0.25, -0.2) is 8.42 Å². The predicted molar refractivity (Wildman–Crippen MR) is 128 cm³/mol. The highest BCUT2D eigenvalue weighted by molar-refractivity contribution is 7.93. The van der Waals surface area contributed by atoms with E-state index in [0.29, 0.717) is 22.2 Å². The quantitative estimate of drug-likeness (QED) is 0.421. The number of sulfonamides is 1. The number of ether oxygens (including phenoxy) is 3. The smallest absolute Gasteiger partial charge is 0.245 e. The molecule has 1 aliphatic rings. The number of pyridine rings is 1. The molecular formula is C21H26ClN7O5S. The standard InChI is InChI=1S/C21H26ClN7O5S/c1-12(17(32-2)15-9-8-14(22)10-23-15)35(30,31)28-21-27-26-18(13-6-5-7-13)29(21)16-19(33-3)24-11-25-20(16)34-4/h8-13,17H,5-7H2,1-4H3,(H,27,28)/t12-,17-/m1/s1. The second-order valence-corrected chi connectivity index (χ2v) is 10.5. The Morgan fingerprint density at radius 1 is 1.09 bits per heavy atom. The number of halogens is 1. The van der Waals surface area contributed by atoms with E-state index in [0.717, 1.165) is 19.3 Å². The molecule has 3 aromatic rings. The fourth-order valence-corrected chi connectivity index (χ4v) is 5.10. The zero-order valence-corrected chi connectivity index (χ0v) is 21.2. The van der Waals surface area contributed by atoms with Crippen molar-refractivity contribution in [3.8, 4) is 17.4 Å². The lowest BCUT2D eigenvalue weighted by Gasteiger charge is -2.26. The Bertz CT molecular complexity index is 1260. The zero-order chi connectivity index (χ0) is 25.2. The van der Waals surface area contributed by atoms with E-state index >= 15 is 0 Å². The first-order valence-corrected chi connectivity index (χ1v) is 12.8. The van der Waals surface area contributed by atoms with Crippen molar-refractivity contribution in [2.75, 3.05) is 26.1 Å². The Morgan fingerprint density at radius 3 is 2.29 bits per heavy atom. The summed E-state index contributed by atoms with van der Waals surface area (Å²) in [5.41, 5.74) is 0.726. The normalized spacial score (nSPS) is 15.8. The largest absolute Gasteiger partial charge is 0.479 e. The average Bonchev–Trinajstić information content (AvgIpc) is 3.20. The van der Waals surface area contributed by atoms with E-state index in [-0.39, 0.29) is 23.6 Å². The maximum atomic E-state index is 13.5. The predicted octanol–water partition coefficient (Wildman–Crippen LogP) is 2.91. The van der Waals surface area contributed by atoms with Crippen LogP contribution in [0.5, 0.6) is 11.8 Å². The van der Waals surface area contributed by atoms with Crippen molar-refractivity contribution >= 4 is 27.6 Å². The third-order valence-corrected chi connectivity index (χ3v) is 7.89. The number of rotatable bonds is 10. The summed E-state index contributed by atoms with van der Waals surface area (Å²) in [4.78, 5) is 12.5. The molecule has 4 rings (SSSR count). The summed E-state index contributed by atoms with van der Waals surface area (Å²) in [6.45, 7) is 1.52. The molecule has 0 amide bonds. The Labute approximate surface area is 208 Å². The second-order valence-electron chi connectivity index (χ2n) is 8.00. The Morgan fingerprint density at radius 2 is 1.77 bits per heavy atom. The van der Waals surface area contributed by atoms with Gasteiger partial charge in [0.1, 0.15) is 23.5 Å². The molecule has 2 atom stereocenters. The van der Waals surface area contributed by atoms with Gasteiger partial charge in [-0.15, -0.1) is 10.2 Å². The highest BCUT2D eigenvalue weighted by Gasteiger charge is 2.36. The van der Waals surface area contributed by atoms with Gasteiger partial charge in [-0.3, -0.25) is 14.3 Å². The SMILES string of the molecule is COc1ncnc(OC)c1-n1c(NS(=O)(=O)[C@H](C)[C@@H](OC)c2ccc(Cl)cn2)nnc1C1CCC1. The molecule has 35 heavy (non-hydrogen) atoms. The van der Waals surface area contributed by atoms with Gasteiger partial charge in [0.25, 0.3) is 0 Å². The molecule has 3 heterocycles. The van der Waals surface area contributed by atoms with E-state index in [1.54, 1.807) is 16.7 Å². The molecule has 1 fully saturated rings. The van der Waals surface area contributed by atoms with Crippen LogP contribution in [-0.2, 0) is 14.8 Å². The van der Waals surface area contributed by atoms with Crippen molar-refractivity contribution in [2.45, 2.75) is 43.5 Å². The summed E-state index contributed by atoms with van der Waals surface area (Å²) in [6, 6.07) is 3.24. The number of hydrogen-bond acceptors (Lipinski definition) is 10. The van der Waals surface area contributed by atoms with Crippen LogP contribution in [0.3, 0.4) is 0 Å². The van der Waals surface area contributed by atoms with Crippen molar-refractivity contribution < 1.29 is 22.6 Å². The van der Waals surface area contributed by atoms with Crippen molar-refractivity contribution in [1.29, 1.82) is 0 Å². The van der Waals surface area contributed by atoms with E-state index < -0.39 is 21.4 Å². The lowest BCUT2D eigenvalue weighted by molar-refractivity contribution is 0.0989. The lowest BCUT2D eigenvalue weighted by Crippen LogP contribution is -2.33. The minimum atomic E-state index is -4.05. The van der Waals surface area contributed by atoms with E-state index in [1.165, 1.54) is 40.8 Å². The monoisotopic (exact) mass is 523 g/mol. The first-order valence-electron chi connectivity index (χ1n) is 10.8. The first kappa shape index (κ1) is 25.1. The number of nitrogens with zero attached hydrogens (tertiary/aromatic N) is 6. The van der Waals surface area contributed by atoms with Crippen LogP contribution in [0.4, 0.5) is 5.95 Å². The van der Waals surface area contributed by atoms with Gasteiger partial charge in [0.05, 0.1) is 24.9 Å². The topological polar surface area (TPSA) is 143 Å². The average molecular weight is 524 g/mol. The van der Waals surface area contributed by atoms with Gasteiger partial charge in [0.15, 0.2) is 5.69 Å². The van der Waals surface area contributed by atoms with Gasteiger partial charge >= 0.3 is 0 Å². The van der Waals surface area contributed by atoms with E-state index in [4.69, 9.17) is 25.8 Å². The first-order chi connectivity index (χ1) is 16.8. The number of aromatic nitrogens is 6. The summed E-state index contributed by atoms with van der Waals surface area (Å²) < 4.78 is 47.4. The number of nitrogens with one attached hydrogen (secondary N) is 1. The molecule has 1 aliphatic carbocycles. The van der Waals surface area contributed by atoms with Crippen molar-refractivity contribution in [3.05, 3.63) is 41.2 Å². The molecule has 0 unspecified atom stereocenters. The molecule has 0 aromatic carbocycles. The Hall–Kier alpha value is -3.03. The van der Waals surface area contributed by atoms with Gasteiger partial charge in [-0.1, -0.05) is 18.0 Å². The van der Waals surface area contributed by atoms with E-state index in [9.17, 15) is 8.42 Å². The van der Waals surface area contributed by atoms with E-state index in [1.807, 2.05) is 0 Å². The molecule has 14 heteroatoms. The van der Waals surface area contributed by atoms with Crippen LogP contribution >= 0.6 is 11.6 Å². The van der Waals surface area contributed by atoms with Crippen LogP contribution in [0.1, 0.15) is 49.7 Å². The van der Waals surface area contributed by atoms with Gasteiger partial charge in [0, 0.05) is 19.2 Å². The zero-order valence-electron chi connectivity index (χ0n) is 19.7. The minimum absolute atomic E-state index is 0.0379. The second kappa shape index (κ2) is 10.3. The third-order valence-electron chi connectivity index (χ3n) is 5.97. The summed E-state index contributed by atoms with van der Waals surface area (Å²) >= 11 is 5.92. The van der Waals surface area contributed by atoms with Crippen LogP contribution in [0.2, 0.25) is 5.02 Å². The van der Waals surface area contributed by atoms with Gasteiger partial charge in [-0.2, -0.15) is 9.97 Å². The minimum Gasteiger partial charge on any atom is -0.479 e. The van der Waals surface area contributed by atoms with Crippen LogP contribution in [0, 0.1) is 0 Å². The Kier molecular flexibility index (Phi) is 7.38. The number of anilines is 1. The highest BCUT2D eigenvalue weighted by Crippen LogP contribution is 2.40. The maximum Gasteiger partial charge on any atom is 0.245 e. The summed E-state index contributed by atoms with van der Waals surface area (Å²) in [7, 11) is 0.273. The maximum absolute atomic E-state index is 13.5. The highest BCUT2D eigenvalue weighted by atomic mass is 35.5. The number of methoxy groups -OCH3 is 3. The molecule has 1 N–H and O–H groups in total. The van der Waals surface area contributed by atoms with Gasteiger partial charge in [0.2, 0.25) is 27.7 Å². The van der Waals surface area contributed by atoms with Crippen molar-refractivity contribution in [1.82, 2.24) is 29.7 Å². The summed E-state index contributed by atoms with van der Waals surface area (Å²) in [6.07, 6.45) is 4.70. The third kappa shape index (κ3) is 4.88. The fourth-order valence-electron chi connectivity index (χ4n) is 3.84. The molecule has 188 valence electrons. The molecule has 0 saturated heterocycles. The summed E-state index contributed by atoms with van der Waals surface area (Å²) in [5.74, 6) is 0.995. The van der Waals surface area contributed by atoms with Crippen molar-refractivity contribution in [2.24, 2.45) is 0 Å². The molecular weight excluding hydrogens is 498 g/mol. The molecule has 3 aromatic heterocycles. The van der Waals surface area contributed by atoms with Crippen LogP contribution in [0.15, 0.2) is 24.7 Å². The van der Waals surface area contributed by atoms with Crippen LogP contribution < -0.4 is 14.2 Å². The van der Waals surface area contributed by atoms with Crippen LogP contribution in [-0.4, -0.2) is 64.7 Å². The van der Waals surface area contributed by atoms with Gasteiger partial charge in [-0.05, 0) is 31.9 Å². The molecule has 12 nitrogen and oxygen atoms in total. The molecule has 0 bridgehead atoms. The number of hydrogen-bond donors (Lipinski definition) is 1. The summed E-state index contributed by atoms with van der Waals surface area (Å²) in [5, 5.41) is 7.85. The fraction of sp³-hybridized carbons (Fsp3) is 0.476. The van der Waals surface area contributed by atoms with Crippen molar-refractivity contribution in [3.63, 3.8) is 0 Å². The van der Waals surface area contributed by atoms with Crippen LogP contribution in [0.25, 0.3) is 5.69 Å². The molecule has 0 radical (unpaired) electrons. The van der Waals surface area contributed by atoms with Gasteiger partial charge < -0.3 is 14.2 Å². The lowest BCUT2D eigenvalue weighted by atomic mass is 9.85.